The summed E-state index contributed by atoms with van der Waals surface area (Å²) >= 11 is 9.15. The first-order valence-corrected chi connectivity index (χ1v) is 7.62. The van der Waals surface area contributed by atoms with E-state index in [9.17, 15) is 0 Å². The zero-order chi connectivity index (χ0) is 12.3. The molecule has 1 N–H and O–H groups in total. The standard InChI is InChI=1S/C11H14ClN3S2/c1-15-8(6-14-11(15)16-2)5-13-7-9-3-4-10(12)17-9/h3-4,6,13H,5,7H2,1-2H3. The second-order valence-electron chi connectivity index (χ2n) is 3.60. The number of thiophene rings is 1. The number of thioether (sulfide) groups is 1. The third-order valence-electron chi connectivity index (χ3n) is 2.46. The Kier molecular flexibility index (Phi) is 4.50. The lowest BCUT2D eigenvalue weighted by Gasteiger charge is -2.05. The second-order valence-corrected chi connectivity index (χ2v) is 6.18. The average molecular weight is 288 g/mol. The molecule has 0 aliphatic rings. The molecule has 0 saturated carbocycles. The predicted molar refractivity (Wildman–Crippen MR) is 74.9 cm³/mol. The molecule has 2 rings (SSSR count). The molecule has 0 fully saturated rings. The van der Waals surface area contributed by atoms with Crippen LogP contribution in [0.3, 0.4) is 0 Å². The number of hydrogen-bond donors (Lipinski definition) is 1. The van der Waals surface area contributed by atoms with Crippen molar-refractivity contribution in [2.75, 3.05) is 6.26 Å². The summed E-state index contributed by atoms with van der Waals surface area (Å²) in [6.07, 6.45) is 3.95. The van der Waals surface area contributed by atoms with Crippen molar-refractivity contribution in [1.82, 2.24) is 14.9 Å². The van der Waals surface area contributed by atoms with Crippen LogP contribution in [0, 0.1) is 0 Å². The van der Waals surface area contributed by atoms with Gasteiger partial charge >= 0.3 is 0 Å². The number of halogens is 1. The number of hydrogen-bond acceptors (Lipinski definition) is 4. The third kappa shape index (κ3) is 3.25. The van der Waals surface area contributed by atoms with Crippen molar-refractivity contribution in [2.45, 2.75) is 18.2 Å². The molecule has 0 aliphatic carbocycles. The molecule has 0 amide bonds. The Labute approximate surface area is 114 Å². The quantitative estimate of drug-likeness (QED) is 0.857. The van der Waals surface area contributed by atoms with Crippen molar-refractivity contribution < 1.29 is 0 Å². The highest BCUT2D eigenvalue weighted by atomic mass is 35.5. The predicted octanol–water partition coefficient (Wildman–Crippen LogP) is 3.15. The van der Waals surface area contributed by atoms with Gasteiger partial charge in [0, 0.05) is 25.0 Å². The third-order valence-corrected chi connectivity index (χ3v) is 4.43. The summed E-state index contributed by atoms with van der Waals surface area (Å²) in [4.78, 5) is 5.58. The molecule has 17 heavy (non-hydrogen) atoms. The van der Waals surface area contributed by atoms with Gasteiger partial charge in [0.05, 0.1) is 16.2 Å². The summed E-state index contributed by atoms with van der Waals surface area (Å²) in [5, 5.41) is 4.43. The van der Waals surface area contributed by atoms with Crippen LogP contribution in [0.1, 0.15) is 10.6 Å². The van der Waals surface area contributed by atoms with Gasteiger partial charge in [-0.1, -0.05) is 23.4 Å². The normalized spacial score (nSPS) is 11.0. The summed E-state index contributed by atoms with van der Waals surface area (Å²) in [6.45, 7) is 1.66. The fourth-order valence-electron chi connectivity index (χ4n) is 1.54. The van der Waals surface area contributed by atoms with Crippen molar-refractivity contribution in [3.05, 3.63) is 33.2 Å². The van der Waals surface area contributed by atoms with E-state index in [-0.39, 0.29) is 0 Å². The van der Waals surface area contributed by atoms with Crippen molar-refractivity contribution in [2.24, 2.45) is 7.05 Å². The molecule has 0 unspecified atom stereocenters. The van der Waals surface area contributed by atoms with E-state index in [0.29, 0.717) is 0 Å². The van der Waals surface area contributed by atoms with Gasteiger partial charge in [-0.05, 0) is 18.4 Å². The van der Waals surface area contributed by atoms with Crippen LogP contribution in [0.2, 0.25) is 4.34 Å². The Balaban J connectivity index is 1.87. The molecular weight excluding hydrogens is 274 g/mol. The minimum atomic E-state index is 0.819. The van der Waals surface area contributed by atoms with Crippen molar-refractivity contribution in [3.8, 4) is 0 Å². The van der Waals surface area contributed by atoms with Crippen LogP contribution in [-0.4, -0.2) is 15.8 Å². The van der Waals surface area contributed by atoms with Gasteiger partial charge in [-0.2, -0.15) is 0 Å². The zero-order valence-corrected chi connectivity index (χ0v) is 12.1. The van der Waals surface area contributed by atoms with Crippen LogP contribution in [-0.2, 0) is 20.1 Å². The van der Waals surface area contributed by atoms with E-state index in [1.807, 2.05) is 25.6 Å². The molecule has 92 valence electrons. The Bertz CT molecular complexity index is 493. The maximum absolute atomic E-state index is 5.88. The fraction of sp³-hybridized carbons (Fsp3) is 0.364. The lowest BCUT2D eigenvalue weighted by Crippen LogP contribution is -2.14. The first kappa shape index (κ1) is 13.0. The molecule has 2 heterocycles. The Morgan fingerprint density at radius 2 is 2.29 bits per heavy atom. The number of nitrogens with zero attached hydrogens (tertiary/aromatic N) is 2. The molecule has 0 atom stereocenters. The SMILES string of the molecule is CSc1ncc(CNCc2ccc(Cl)s2)n1C. The van der Waals surface area contributed by atoms with E-state index in [1.54, 1.807) is 23.1 Å². The molecule has 3 nitrogen and oxygen atoms in total. The number of rotatable bonds is 5. The molecular formula is C11H14ClN3S2. The molecule has 0 bridgehead atoms. The van der Waals surface area contributed by atoms with Gasteiger partial charge in [0.1, 0.15) is 0 Å². The molecule has 0 spiro atoms. The topological polar surface area (TPSA) is 29.9 Å². The van der Waals surface area contributed by atoms with Crippen LogP contribution in [0.25, 0.3) is 0 Å². The van der Waals surface area contributed by atoms with Crippen LogP contribution in [0.4, 0.5) is 0 Å². The number of nitrogens with one attached hydrogen (secondary N) is 1. The number of imidazole rings is 1. The van der Waals surface area contributed by atoms with Gasteiger partial charge in [-0.25, -0.2) is 4.98 Å². The summed E-state index contributed by atoms with van der Waals surface area (Å²) < 4.78 is 2.95. The van der Waals surface area contributed by atoms with Gasteiger partial charge in [-0.15, -0.1) is 11.3 Å². The highest BCUT2D eigenvalue weighted by Crippen LogP contribution is 2.21. The molecule has 0 saturated heterocycles. The molecule has 2 aromatic rings. The molecule has 2 aromatic heterocycles. The van der Waals surface area contributed by atoms with Crippen molar-refractivity contribution in [3.63, 3.8) is 0 Å². The van der Waals surface area contributed by atoms with Gasteiger partial charge < -0.3 is 9.88 Å². The van der Waals surface area contributed by atoms with Crippen LogP contribution in [0.15, 0.2) is 23.5 Å². The first-order valence-electron chi connectivity index (χ1n) is 5.20. The molecule has 6 heteroatoms. The fourth-order valence-corrected chi connectivity index (χ4v) is 3.15. The molecule has 0 aliphatic heterocycles. The Hall–Kier alpha value is -0.490. The van der Waals surface area contributed by atoms with E-state index in [0.717, 1.165) is 22.6 Å². The van der Waals surface area contributed by atoms with Gasteiger partial charge in [0.25, 0.3) is 0 Å². The van der Waals surface area contributed by atoms with E-state index in [1.165, 1.54) is 10.6 Å². The van der Waals surface area contributed by atoms with E-state index < -0.39 is 0 Å². The van der Waals surface area contributed by atoms with Crippen LogP contribution < -0.4 is 5.32 Å². The van der Waals surface area contributed by atoms with Gasteiger partial charge in [-0.3, -0.25) is 0 Å². The number of aromatic nitrogens is 2. The summed E-state index contributed by atoms with van der Waals surface area (Å²) in [5.41, 5.74) is 1.19. The highest BCUT2D eigenvalue weighted by Gasteiger charge is 2.05. The van der Waals surface area contributed by atoms with Crippen LogP contribution in [0.5, 0.6) is 0 Å². The highest BCUT2D eigenvalue weighted by molar-refractivity contribution is 7.98. The largest absolute Gasteiger partial charge is 0.325 e. The lowest BCUT2D eigenvalue weighted by molar-refractivity contribution is 0.642. The maximum atomic E-state index is 5.88. The minimum absolute atomic E-state index is 0.819. The van der Waals surface area contributed by atoms with Crippen LogP contribution >= 0.6 is 34.7 Å². The summed E-state index contributed by atoms with van der Waals surface area (Å²) in [5.74, 6) is 0. The van der Waals surface area contributed by atoms with E-state index in [4.69, 9.17) is 11.6 Å². The minimum Gasteiger partial charge on any atom is -0.325 e. The van der Waals surface area contributed by atoms with Crippen molar-refractivity contribution >= 4 is 34.7 Å². The maximum Gasteiger partial charge on any atom is 0.167 e. The summed E-state index contributed by atoms with van der Waals surface area (Å²) in [6, 6.07) is 3.98. The van der Waals surface area contributed by atoms with Crippen molar-refractivity contribution in [1.29, 1.82) is 0 Å². The Morgan fingerprint density at radius 1 is 1.47 bits per heavy atom. The average Bonchev–Trinajstić information content (AvgIpc) is 2.87. The molecule has 0 radical (unpaired) electrons. The molecule has 0 aromatic carbocycles. The smallest absolute Gasteiger partial charge is 0.167 e. The van der Waals surface area contributed by atoms with Gasteiger partial charge in [0.2, 0.25) is 0 Å². The van der Waals surface area contributed by atoms with E-state index >= 15 is 0 Å². The lowest BCUT2D eigenvalue weighted by atomic mass is 10.4. The van der Waals surface area contributed by atoms with E-state index in [2.05, 4.69) is 20.9 Å². The Morgan fingerprint density at radius 3 is 2.88 bits per heavy atom. The van der Waals surface area contributed by atoms with Gasteiger partial charge in [0.15, 0.2) is 5.16 Å². The summed E-state index contributed by atoms with van der Waals surface area (Å²) in [7, 11) is 2.04. The second kappa shape index (κ2) is 5.91. The first-order chi connectivity index (χ1) is 8.20. The zero-order valence-electron chi connectivity index (χ0n) is 9.74. The monoisotopic (exact) mass is 287 g/mol.